The van der Waals surface area contributed by atoms with Crippen molar-refractivity contribution in [2.45, 2.75) is 24.4 Å². The smallest absolute Gasteiger partial charge is 0.244 e. The van der Waals surface area contributed by atoms with E-state index in [1.807, 2.05) is 0 Å². The average Bonchev–Trinajstić information content (AvgIpc) is 2.47. The first kappa shape index (κ1) is 15.6. The Kier molecular flexibility index (Phi) is 4.66. The van der Waals surface area contributed by atoms with Crippen LogP contribution in [-0.2, 0) is 16.6 Å². The number of sulfonamides is 1. The van der Waals surface area contributed by atoms with Crippen LogP contribution < -0.4 is 10.5 Å². The summed E-state index contributed by atoms with van der Waals surface area (Å²) in [6.07, 6.45) is 1.57. The van der Waals surface area contributed by atoms with E-state index in [9.17, 15) is 12.8 Å². The van der Waals surface area contributed by atoms with Crippen LogP contribution in [0.1, 0.15) is 24.2 Å². The van der Waals surface area contributed by atoms with Crippen molar-refractivity contribution in [2.75, 3.05) is 0 Å². The van der Waals surface area contributed by atoms with E-state index in [0.29, 0.717) is 11.3 Å². The van der Waals surface area contributed by atoms with Gasteiger partial charge >= 0.3 is 0 Å². The number of pyridine rings is 1. The molecule has 1 unspecified atom stereocenters. The first-order valence-corrected chi connectivity index (χ1v) is 7.84. The number of nitrogens with zero attached hydrogens (tertiary/aromatic N) is 1. The van der Waals surface area contributed by atoms with Crippen LogP contribution >= 0.6 is 0 Å². The molecule has 112 valence electrons. The normalized spacial score (nSPS) is 13.1. The van der Waals surface area contributed by atoms with E-state index in [2.05, 4.69) is 9.71 Å². The lowest BCUT2D eigenvalue weighted by Crippen LogP contribution is -2.28. The summed E-state index contributed by atoms with van der Waals surface area (Å²) >= 11 is 0. The maximum atomic E-state index is 13.9. The molecule has 21 heavy (non-hydrogen) atoms. The Morgan fingerprint density at radius 2 is 2.10 bits per heavy atom. The molecule has 0 amide bonds. The second kappa shape index (κ2) is 6.30. The number of aromatic nitrogens is 1. The topological polar surface area (TPSA) is 85.1 Å². The number of nitrogens with one attached hydrogen (secondary N) is 1. The molecule has 0 bridgehead atoms. The Labute approximate surface area is 123 Å². The molecule has 0 aliphatic rings. The van der Waals surface area contributed by atoms with Crippen LogP contribution in [-0.4, -0.2) is 13.4 Å². The molecule has 0 aliphatic carbocycles. The highest BCUT2D eigenvalue weighted by atomic mass is 32.2. The first-order chi connectivity index (χ1) is 9.94. The second-order valence-corrected chi connectivity index (χ2v) is 6.25. The minimum absolute atomic E-state index is 0.148. The molecule has 0 spiro atoms. The Bertz CT molecular complexity index is 720. The number of hydrogen-bond donors (Lipinski definition) is 2. The quantitative estimate of drug-likeness (QED) is 0.880. The van der Waals surface area contributed by atoms with Crippen molar-refractivity contribution in [3.8, 4) is 0 Å². The van der Waals surface area contributed by atoms with Gasteiger partial charge in [-0.15, -0.1) is 0 Å². The molecule has 1 aromatic heterocycles. The van der Waals surface area contributed by atoms with Crippen molar-refractivity contribution < 1.29 is 12.8 Å². The van der Waals surface area contributed by atoms with E-state index in [1.54, 1.807) is 31.3 Å². The van der Waals surface area contributed by atoms with Gasteiger partial charge in [0, 0.05) is 12.7 Å². The molecular formula is C14H16FN3O2S. The molecule has 0 saturated carbocycles. The van der Waals surface area contributed by atoms with Crippen molar-refractivity contribution in [3.63, 3.8) is 0 Å². The standard InChI is InChI=1S/C14H16FN3O2S/c1-10(13-4-2-3-7-17-13)18-21(19,20)14-6-5-11(9-16)8-12(14)15/h2-8,10,18H,9,16H2,1H3. The van der Waals surface area contributed by atoms with Crippen molar-refractivity contribution in [1.29, 1.82) is 0 Å². The fourth-order valence-corrected chi connectivity index (χ4v) is 3.15. The number of hydrogen-bond acceptors (Lipinski definition) is 4. The molecule has 1 atom stereocenters. The Hall–Kier alpha value is -1.83. The SMILES string of the molecule is CC(NS(=O)(=O)c1ccc(CN)cc1F)c1ccccn1. The zero-order valence-corrected chi connectivity index (χ0v) is 12.3. The predicted octanol–water partition coefficient (Wildman–Crippen LogP) is 1.72. The highest BCUT2D eigenvalue weighted by Crippen LogP contribution is 2.19. The minimum Gasteiger partial charge on any atom is -0.326 e. The van der Waals surface area contributed by atoms with Gasteiger partial charge in [-0.05, 0) is 36.8 Å². The monoisotopic (exact) mass is 309 g/mol. The summed E-state index contributed by atoms with van der Waals surface area (Å²) in [5, 5.41) is 0. The number of rotatable bonds is 5. The highest BCUT2D eigenvalue weighted by molar-refractivity contribution is 7.89. The summed E-state index contributed by atoms with van der Waals surface area (Å²) in [4.78, 5) is 3.67. The second-order valence-electron chi connectivity index (χ2n) is 4.57. The molecule has 1 aromatic carbocycles. The molecule has 2 aromatic rings. The third-order valence-electron chi connectivity index (χ3n) is 2.98. The lowest BCUT2D eigenvalue weighted by atomic mass is 10.2. The van der Waals surface area contributed by atoms with Crippen molar-refractivity contribution in [2.24, 2.45) is 5.73 Å². The Morgan fingerprint density at radius 3 is 2.67 bits per heavy atom. The molecule has 0 fully saturated rings. The largest absolute Gasteiger partial charge is 0.326 e. The highest BCUT2D eigenvalue weighted by Gasteiger charge is 2.22. The molecular weight excluding hydrogens is 293 g/mol. The fourth-order valence-electron chi connectivity index (χ4n) is 1.88. The molecule has 0 saturated heterocycles. The van der Waals surface area contributed by atoms with Crippen LogP contribution in [0.4, 0.5) is 4.39 Å². The van der Waals surface area contributed by atoms with Gasteiger partial charge in [-0.3, -0.25) is 4.98 Å². The Balaban J connectivity index is 2.26. The van der Waals surface area contributed by atoms with Crippen molar-refractivity contribution in [1.82, 2.24) is 9.71 Å². The maximum absolute atomic E-state index is 13.9. The summed E-state index contributed by atoms with van der Waals surface area (Å²) in [5.74, 6) is -0.821. The van der Waals surface area contributed by atoms with Gasteiger partial charge in [-0.1, -0.05) is 12.1 Å². The zero-order chi connectivity index (χ0) is 15.5. The third-order valence-corrected chi connectivity index (χ3v) is 4.56. The van der Waals surface area contributed by atoms with Gasteiger partial charge < -0.3 is 5.73 Å². The molecule has 0 aliphatic heterocycles. The van der Waals surface area contributed by atoms with E-state index in [1.165, 1.54) is 12.1 Å². The molecule has 1 heterocycles. The summed E-state index contributed by atoms with van der Waals surface area (Å²) in [6, 6.07) is 8.44. The number of halogens is 1. The molecule has 2 rings (SSSR count). The van der Waals surface area contributed by atoms with Gasteiger partial charge in [-0.25, -0.2) is 17.5 Å². The van der Waals surface area contributed by atoms with Crippen LogP contribution in [0.25, 0.3) is 0 Å². The van der Waals surface area contributed by atoms with Crippen LogP contribution in [0.5, 0.6) is 0 Å². The number of benzene rings is 1. The van der Waals surface area contributed by atoms with Crippen LogP contribution in [0.3, 0.4) is 0 Å². The minimum atomic E-state index is -3.97. The maximum Gasteiger partial charge on any atom is 0.244 e. The van der Waals surface area contributed by atoms with Crippen LogP contribution in [0, 0.1) is 5.82 Å². The van der Waals surface area contributed by atoms with E-state index in [-0.39, 0.29) is 6.54 Å². The van der Waals surface area contributed by atoms with Crippen LogP contribution in [0.2, 0.25) is 0 Å². The third kappa shape index (κ3) is 3.63. The van der Waals surface area contributed by atoms with Gasteiger partial charge in [-0.2, -0.15) is 0 Å². The summed E-state index contributed by atoms with van der Waals surface area (Å²) in [6.45, 7) is 1.79. The number of nitrogens with two attached hydrogens (primary N) is 1. The predicted molar refractivity (Wildman–Crippen MR) is 77.3 cm³/mol. The van der Waals surface area contributed by atoms with E-state index >= 15 is 0 Å². The van der Waals surface area contributed by atoms with E-state index in [0.717, 1.165) is 6.07 Å². The van der Waals surface area contributed by atoms with Crippen molar-refractivity contribution >= 4 is 10.0 Å². The average molecular weight is 309 g/mol. The van der Waals surface area contributed by atoms with E-state index in [4.69, 9.17) is 5.73 Å². The summed E-state index contributed by atoms with van der Waals surface area (Å²) in [7, 11) is -3.97. The lowest BCUT2D eigenvalue weighted by molar-refractivity contribution is 0.544. The lowest BCUT2D eigenvalue weighted by Gasteiger charge is -2.14. The van der Waals surface area contributed by atoms with Gasteiger partial charge in [0.1, 0.15) is 10.7 Å². The van der Waals surface area contributed by atoms with Crippen LogP contribution in [0.15, 0.2) is 47.5 Å². The van der Waals surface area contributed by atoms with Crippen molar-refractivity contribution in [3.05, 3.63) is 59.7 Å². The Morgan fingerprint density at radius 1 is 1.33 bits per heavy atom. The zero-order valence-electron chi connectivity index (χ0n) is 11.5. The summed E-state index contributed by atoms with van der Waals surface area (Å²) < 4.78 is 40.8. The van der Waals surface area contributed by atoms with Gasteiger partial charge in [0.2, 0.25) is 10.0 Å². The van der Waals surface area contributed by atoms with E-state index < -0.39 is 26.8 Å². The molecule has 5 nitrogen and oxygen atoms in total. The molecule has 3 N–H and O–H groups in total. The van der Waals surface area contributed by atoms with Gasteiger partial charge in [0.05, 0.1) is 11.7 Å². The fraction of sp³-hybridized carbons (Fsp3) is 0.214. The van der Waals surface area contributed by atoms with Gasteiger partial charge in [0.25, 0.3) is 0 Å². The molecule has 0 radical (unpaired) electrons. The van der Waals surface area contributed by atoms with Gasteiger partial charge in [0.15, 0.2) is 0 Å². The molecule has 7 heteroatoms. The first-order valence-electron chi connectivity index (χ1n) is 6.36. The summed E-state index contributed by atoms with van der Waals surface area (Å²) in [5.41, 5.74) is 6.48.